The van der Waals surface area contributed by atoms with Crippen molar-refractivity contribution in [1.82, 2.24) is 14.6 Å². The number of halogens is 4. The minimum Gasteiger partial charge on any atom is -0.325 e. The van der Waals surface area contributed by atoms with Crippen molar-refractivity contribution in [2.24, 2.45) is 0 Å². The van der Waals surface area contributed by atoms with Crippen LogP contribution in [0.3, 0.4) is 0 Å². The van der Waals surface area contributed by atoms with E-state index in [1.165, 1.54) is 0 Å². The van der Waals surface area contributed by atoms with Crippen LogP contribution in [-0.2, 0) is 15.8 Å². The van der Waals surface area contributed by atoms with Crippen molar-refractivity contribution in [2.45, 2.75) is 24.2 Å². The fraction of sp³-hybridized carbons (Fsp3) is 0.263. The van der Waals surface area contributed by atoms with Crippen LogP contribution in [0.2, 0.25) is 5.02 Å². The monoisotopic (exact) mass is 469 g/mol. The van der Waals surface area contributed by atoms with Crippen molar-refractivity contribution in [1.29, 1.82) is 0 Å². The second kappa shape index (κ2) is 8.39. The molecule has 2 amide bonds. The number of alkyl halides is 3. The van der Waals surface area contributed by atoms with Crippen molar-refractivity contribution in [3.63, 3.8) is 0 Å². The average molecular weight is 470 g/mol. The van der Waals surface area contributed by atoms with Crippen molar-refractivity contribution in [3.8, 4) is 0 Å². The second-order valence-corrected chi connectivity index (χ2v) is 8.14. The predicted molar refractivity (Wildman–Crippen MR) is 110 cm³/mol. The Bertz CT molecular complexity index is 1170. The third kappa shape index (κ3) is 4.62. The summed E-state index contributed by atoms with van der Waals surface area (Å²) in [6.45, 7) is 0.633. The Balaban J connectivity index is 1.45. The number of hydrogen-bond donors (Lipinski definition) is 1. The fourth-order valence-corrected chi connectivity index (χ4v) is 4.14. The number of carbonyl (C=O) groups excluding carboxylic acids is 2. The summed E-state index contributed by atoms with van der Waals surface area (Å²) >= 11 is 6.82. The Morgan fingerprint density at radius 2 is 2.06 bits per heavy atom. The molecule has 7 nitrogen and oxygen atoms in total. The SMILES string of the molecule is O=C(CSc1nnc2c(Cl)cc(C(F)(F)F)cn12)Nc1cccc(N2CCCC2=O)c1. The van der Waals surface area contributed by atoms with Gasteiger partial charge in [0.1, 0.15) is 0 Å². The van der Waals surface area contributed by atoms with Crippen LogP contribution in [0, 0.1) is 0 Å². The van der Waals surface area contributed by atoms with Crippen LogP contribution in [0.15, 0.2) is 41.7 Å². The van der Waals surface area contributed by atoms with Gasteiger partial charge in [0.15, 0.2) is 10.8 Å². The van der Waals surface area contributed by atoms with E-state index in [1.807, 2.05) is 0 Å². The van der Waals surface area contributed by atoms with Crippen molar-refractivity contribution in [3.05, 3.63) is 47.1 Å². The molecule has 4 rings (SSSR count). The zero-order valence-electron chi connectivity index (χ0n) is 15.8. The minimum absolute atomic E-state index is 0.0367. The Hall–Kier alpha value is -2.79. The van der Waals surface area contributed by atoms with Gasteiger partial charge in [-0.15, -0.1) is 10.2 Å². The molecular weight excluding hydrogens is 455 g/mol. The normalized spacial score (nSPS) is 14.5. The van der Waals surface area contributed by atoms with E-state index in [0.29, 0.717) is 24.3 Å². The summed E-state index contributed by atoms with van der Waals surface area (Å²) in [5.41, 5.74) is 0.340. The molecule has 1 fully saturated rings. The second-order valence-electron chi connectivity index (χ2n) is 6.79. The van der Waals surface area contributed by atoms with Crippen LogP contribution >= 0.6 is 23.4 Å². The number of carbonyl (C=O) groups is 2. The van der Waals surface area contributed by atoms with Gasteiger partial charge in [-0.25, -0.2) is 0 Å². The van der Waals surface area contributed by atoms with Gasteiger partial charge in [0.05, 0.1) is 16.3 Å². The Kier molecular flexibility index (Phi) is 5.80. The standard InChI is InChI=1S/C19H15ClF3N5O2S/c20-14-7-11(19(21,22)23)9-28-17(14)25-26-18(28)31-10-15(29)24-12-3-1-4-13(8-12)27-6-2-5-16(27)30/h1,3-4,7-9H,2,5-6,10H2,(H,24,29). The summed E-state index contributed by atoms with van der Waals surface area (Å²) in [7, 11) is 0. The number of nitrogens with one attached hydrogen (secondary N) is 1. The van der Waals surface area contributed by atoms with Crippen LogP contribution < -0.4 is 10.2 Å². The smallest absolute Gasteiger partial charge is 0.325 e. The molecule has 0 atom stereocenters. The lowest BCUT2D eigenvalue weighted by molar-refractivity contribution is -0.137. The van der Waals surface area contributed by atoms with E-state index in [2.05, 4.69) is 15.5 Å². The molecule has 1 aromatic carbocycles. The lowest BCUT2D eigenvalue weighted by Gasteiger charge is -2.16. The third-order valence-corrected chi connectivity index (χ3v) is 5.82. The Labute approximate surface area is 183 Å². The van der Waals surface area contributed by atoms with Crippen LogP contribution in [0.25, 0.3) is 5.65 Å². The maximum atomic E-state index is 13.1. The molecule has 162 valence electrons. The highest BCUT2D eigenvalue weighted by Gasteiger charge is 2.32. The van der Waals surface area contributed by atoms with Gasteiger partial charge in [0.25, 0.3) is 0 Å². The van der Waals surface area contributed by atoms with Crippen LogP contribution in [-0.4, -0.2) is 38.7 Å². The number of nitrogens with zero attached hydrogens (tertiary/aromatic N) is 4. The zero-order chi connectivity index (χ0) is 22.2. The van der Waals surface area contributed by atoms with Gasteiger partial charge in [-0.2, -0.15) is 13.2 Å². The van der Waals surface area contributed by atoms with E-state index in [4.69, 9.17) is 11.6 Å². The van der Waals surface area contributed by atoms with Gasteiger partial charge < -0.3 is 10.2 Å². The van der Waals surface area contributed by atoms with E-state index >= 15 is 0 Å². The van der Waals surface area contributed by atoms with Crippen LogP contribution in [0.1, 0.15) is 18.4 Å². The summed E-state index contributed by atoms with van der Waals surface area (Å²) in [6, 6.07) is 7.70. The first-order valence-electron chi connectivity index (χ1n) is 9.17. The van der Waals surface area contributed by atoms with Gasteiger partial charge in [-0.1, -0.05) is 29.4 Å². The number of rotatable bonds is 5. The molecule has 0 unspecified atom stereocenters. The molecule has 0 spiro atoms. The average Bonchev–Trinajstić information content (AvgIpc) is 3.32. The molecular formula is C19H15ClF3N5O2S. The molecule has 1 N–H and O–H groups in total. The maximum Gasteiger partial charge on any atom is 0.417 e. The molecule has 0 bridgehead atoms. The van der Waals surface area contributed by atoms with E-state index in [1.54, 1.807) is 29.2 Å². The van der Waals surface area contributed by atoms with E-state index in [0.717, 1.165) is 34.8 Å². The van der Waals surface area contributed by atoms with Gasteiger partial charge in [-0.3, -0.25) is 14.0 Å². The van der Waals surface area contributed by atoms with Gasteiger partial charge in [-0.05, 0) is 30.7 Å². The maximum absolute atomic E-state index is 13.1. The van der Waals surface area contributed by atoms with Crippen molar-refractivity contribution in [2.75, 3.05) is 22.5 Å². The summed E-state index contributed by atoms with van der Waals surface area (Å²) < 4.78 is 40.3. The van der Waals surface area contributed by atoms with E-state index < -0.39 is 11.7 Å². The predicted octanol–water partition coefficient (Wildman–Crippen LogP) is 4.26. The van der Waals surface area contributed by atoms with E-state index in [-0.39, 0.29) is 33.4 Å². The minimum atomic E-state index is -4.58. The summed E-state index contributed by atoms with van der Waals surface area (Å²) in [6.07, 6.45) is -2.45. The largest absolute Gasteiger partial charge is 0.417 e. The van der Waals surface area contributed by atoms with Crippen LogP contribution in [0.5, 0.6) is 0 Å². The highest BCUT2D eigenvalue weighted by molar-refractivity contribution is 7.99. The number of fused-ring (bicyclic) bond motifs is 1. The quantitative estimate of drug-likeness (QED) is 0.565. The molecule has 12 heteroatoms. The molecule has 0 saturated carbocycles. The topological polar surface area (TPSA) is 79.6 Å². The number of hydrogen-bond acceptors (Lipinski definition) is 5. The number of amides is 2. The summed E-state index contributed by atoms with van der Waals surface area (Å²) in [5, 5.41) is 10.3. The Morgan fingerprint density at radius 3 is 2.77 bits per heavy atom. The first kappa shape index (κ1) is 21.4. The summed E-state index contributed by atoms with van der Waals surface area (Å²) in [4.78, 5) is 25.9. The number of thioether (sulfide) groups is 1. The molecule has 3 heterocycles. The van der Waals surface area contributed by atoms with E-state index in [9.17, 15) is 22.8 Å². The third-order valence-electron chi connectivity index (χ3n) is 4.60. The van der Waals surface area contributed by atoms with Gasteiger partial charge >= 0.3 is 6.18 Å². The number of aromatic nitrogens is 3. The molecule has 2 aromatic heterocycles. The lowest BCUT2D eigenvalue weighted by atomic mass is 10.2. The number of anilines is 2. The van der Waals surface area contributed by atoms with Crippen LogP contribution in [0.4, 0.5) is 24.5 Å². The lowest BCUT2D eigenvalue weighted by Crippen LogP contribution is -2.23. The van der Waals surface area contributed by atoms with Crippen molar-refractivity contribution < 1.29 is 22.8 Å². The number of pyridine rings is 1. The molecule has 1 saturated heterocycles. The zero-order valence-corrected chi connectivity index (χ0v) is 17.4. The molecule has 31 heavy (non-hydrogen) atoms. The highest BCUT2D eigenvalue weighted by Crippen LogP contribution is 2.33. The van der Waals surface area contributed by atoms with Crippen molar-refractivity contribution >= 4 is 52.2 Å². The Morgan fingerprint density at radius 1 is 1.26 bits per heavy atom. The first-order valence-corrected chi connectivity index (χ1v) is 10.5. The molecule has 3 aromatic rings. The molecule has 0 aliphatic carbocycles. The molecule has 1 aliphatic rings. The molecule has 1 aliphatic heterocycles. The number of benzene rings is 1. The summed E-state index contributed by atoms with van der Waals surface area (Å²) in [5.74, 6) is -0.457. The highest BCUT2D eigenvalue weighted by atomic mass is 35.5. The first-order chi connectivity index (χ1) is 14.7. The van der Waals surface area contributed by atoms with Gasteiger partial charge in [0.2, 0.25) is 11.8 Å². The van der Waals surface area contributed by atoms with Gasteiger partial charge in [0, 0.05) is 30.5 Å². The fourth-order valence-electron chi connectivity index (χ4n) is 3.19. The molecule has 0 radical (unpaired) electrons.